The maximum Gasteiger partial charge on any atom is 0.237 e. The Bertz CT molecular complexity index is 516. The maximum absolute atomic E-state index is 12.5. The van der Waals surface area contributed by atoms with E-state index in [4.69, 9.17) is 11.6 Å². The van der Waals surface area contributed by atoms with Crippen molar-refractivity contribution < 1.29 is 4.79 Å². The maximum atomic E-state index is 12.5. The normalized spacial score (nSPS) is 22.0. The second-order valence-corrected chi connectivity index (χ2v) is 7.43. The summed E-state index contributed by atoms with van der Waals surface area (Å²) in [5.74, 6) is 0.127. The number of halogens is 1. The summed E-state index contributed by atoms with van der Waals surface area (Å²) in [5, 5.41) is 7.36. The van der Waals surface area contributed by atoms with E-state index < -0.39 is 0 Å². The number of carbonyl (C=O) groups is 1. The molecule has 1 aromatic rings. The van der Waals surface area contributed by atoms with E-state index in [2.05, 4.69) is 29.4 Å². The molecule has 2 atom stereocenters. The van der Waals surface area contributed by atoms with E-state index in [0.717, 1.165) is 24.5 Å². The molecule has 0 aliphatic carbocycles. The third kappa shape index (κ3) is 5.48. The lowest BCUT2D eigenvalue weighted by molar-refractivity contribution is -0.126. The van der Waals surface area contributed by atoms with Crippen LogP contribution in [0.4, 0.5) is 0 Å². The second kappa shape index (κ2) is 8.13. The SMILES string of the molecule is CC(C)NC(=O)[C@@H]1C[C@H](NC(C)C)CN1Cc1ccc(Cl)cc1. The van der Waals surface area contributed by atoms with Crippen molar-refractivity contribution in [2.24, 2.45) is 0 Å². The number of hydrogen-bond donors (Lipinski definition) is 2. The van der Waals surface area contributed by atoms with Crippen molar-refractivity contribution in [3.63, 3.8) is 0 Å². The molecule has 4 nitrogen and oxygen atoms in total. The van der Waals surface area contributed by atoms with Gasteiger partial charge >= 0.3 is 0 Å². The minimum absolute atomic E-state index is 0.0793. The molecule has 0 spiro atoms. The third-order valence-corrected chi connectivity index (χ3v) is 4.26. The van der Waals surface area contributed by atoms with Crippen molar-refractivity contribution in [3.8, 4) is 0 Å². The first-order valence-electron chi connectivity index (χ1n) is 8.40. The van der Waals surface area contributed by atoms with Crippen LogP contribution in [0.25, 0.3) is 0 Å². The molecule has 1 saturated heterocycles. The molecular formula is C18H28ClN3O. The highest BCUT2D eigenvalue weighted by Crippen LogP contribution is 2.22. The molecule has 1 aromatic carbocycles. The van der Waals surface area contributed by atoms with Gasteiger partial charge in [-0.3, -0.25) is 9.69 Å². The summed E-state index contributed by atoms with van der Waals surface area (Å²) in [6.45, 7) is 9.94. The molecule has 23 heavy (non-hydrogen) atoms. The van der Waals surface area contributed by atoms with Gasteiger partial charge in [-0.25, -0.2) is 0 Å². The molecule has 1 aliphatic heterocycles. The second-order valence-electron chi connectivity index (χ2n) is 6.99. The Morgan fingerprint density at radius 3 is 2.43 bits per heavy atom. The fourth-order valence-corrected chi connectivity index (χ4v) is 3.27. The monoisotopic (exact) mass is 337 g/mol. The summed E-state index contributed by atoms with van der Waals surface area (Å²) in [6, 6.07) is 8.72. The molecule has 2 N–H and O–H groups in total. The van der Waals surface area contributed by atoms with Crippen LogP contribution in [-0.2, 0) is 11.3 Å². The number of hydrogen-bond acceptors (Lipinski definition) is 3. The largest absolute Gasteiger partial charge is 0.353 e. The van der Waals surface area contributed by atoms with Crippen molar-refractivity contribution >= 4 is 17.5 Å². The van der Waals surface area contributed by atoms with Gasteiger partial charge in [0, 0.05) is 36.2 Å². The van der Waals surface area contributed by atoms with E-state index in [9.17, 15) is 4.79 Å². The number of likely N-dealkylation sites (tertiary alicyclic amines) is 1. The molecule has 0 unspecified atom stereocenters. The van der Waals surface area contributed by atoms with Crippen LogP contribution in [-0.4, -0.2) is 41.5 Å². The van der Waals surface area contributed by atoms with Gasteiger partial charge in [-0.1, -0.05) is 37.6 Å². The average Bonchev–Trinajstić information content (AvgIpc) is 2.82. The lowest BCUT2D eigenvalue weighted by Gasteiger charge is -2.24. The average molecular weight is 338 g/mol. The number of benzene rings is 1. The van der Waals surface area contributed by atoms with Crippen LogP contribution in [0.5, 0.6) is 0 Å². The van der Waals surface area contributed by atoms with Gasteiger partial charge in [0.1, 0.15) is 0 Å². The van der Waals surface area contributed by atoms with E-state index >= 15 is 0 Å². The van der Waals surface area contributed by atoms with E-state index in [0.29, 0.717) is 12.1 Å². The first-order valence-corrected chi connectivity index (χ1v) is 8.78. The fourth-order valence-electron chi connectivity index (χ4n) is 3.15. The highest BCUT2D eigenvalue weighted by molar-refractivity contribution is 6.30. The predicted molar refractivity (Wildman–Crippen MR) is 95.6 cm³/mol. The van der Waals surface area contributed by atoms with Crippen molar-refractivity contribution in [1.82, 2.24) is 15.5 Å². The van der Waals surface area contributed by atoms with Gasteiger partial charge in [0.2, 0.25) is 5.91 Å². The van der Waals surface area contributed by atoms with Crippen molar-refractivity contribution in [3.05, 3.63) is 34.9 Å². The first-order chi connectivity index (χ1) is 10.8. The van der Waals surface area contributed by atoms with Gasteiger partial charge in [-0.2, -0.15) is 0 Å². The van der Waals surface area contributed by atoms with E-state index in [1.54, 1.807) is 0 Å². The van der Waals surface area contributed by atoms with Crippen LogP contribution in [0, 0.1) is 0 Å². The Morgan fingerprint density at radius 1 is 1.22 bits per heavy atom. The molecule has 0 radical (unpaired) electrons. The molecule has 0 saturated carbocycles. The zero-order valence-electron chi connectivity index (χ0n) is 14.5. The lowest BCUT2D eigenvalue weighted by atomic mass is 10.1. The summed E-state index contributed by atoms with van der Waals surface area (Å²) in [5.41, 5.74) is 1.18. The van der Waals surface area contributed by atoms with Gasteiger partial charge < -0.3 is 10.6 Å². The molecule has 2 rings (SSSR count). The molecule has 0 bridgehead atoms. The number of amides is 1. The molecular weight excluding hydrogens is 310 g/mol. The Balaban J connectivity index is 2.08. The summed E-state index contributed by atoms with van der Waals surface area (Å²) in [7, 11) is 0. The van der Waals surface area contributed by atoms with Gasteiger partial charge in [-0.15, -0.1) is 0 Å². The molecule has 0 aromatic heterocycles. The number of carbonyl (C=O) groups excluding carboxylic acids is 1. The zero-order valence-corrected chi connectivity index (χ0v) is 15.2. The molecule has 128 valence electrons. The highest BCUT2D eigenvalue weighted by atomic mass is 35.5. The summed E-state index contributed by atoms with van der Waals surface area (Å²) >= 11 is 5.96. The standard InChI is InChI=1S/C18H28ClN3O/c1-12(2)20-16-9-17(18(23)21-13(3)4)22(11-16)10-14-5-7-15(19)8-6-14/h5-8,12-13,16-17,20H,9-11H2,1-4H3,(H,21,23)/t16-,17-/m0/s1. The smallest absolute Gasteiger partial charge is 0.237 e. The van der Waals surface area contributed by atoms with Crippen molar-refractivity contribution in [1.29, 1.82) is 0 Å². The fraction of sp³-hybridized carbons (Fsp3) is 0.611. The van der Waals surface area contributed by atoms with Gasteiger partial charge in [0.15, 0.2) is 0 Å². The van der Waals surface area contributed by atoms with Crippen LogP contribution in [0.15, 0.2) is 24.3 Å². The van der Waals surface area contributed by atoms with E-state index in [1.165, 1.54) is 5.56 Å². The summed E-state index contributed by atoms with van der Waals surface area (Å²) in [6.07, 6.45) is 0.852. The van der Waals surface area contributed by atoms with Crippen LogP contribution in [0.1, 0.15) is 39.7 Å². The molecule has 1 fully saturated rings. The predicted octanol–water partition coefficient (Wildman–Crippen LogP) is 2.81. The van der Waals surface area contributed by atoms with Gasteiger partial charge in [0.25, 0.3) is 0 Å². The molecule has 5 heteroatoms. The van der Waals surface area contributed by atoms with Crippen molar-refractivity contribution in [2.45, 2.75) is 64.8 Å². The minimum Gasteiger partial charge on any atom is -0.353 e. The van der Waals surface area contributed by atoms with Crippen LogP contribution in [0.2, 0.25) is 5.02 Å². The van der Waals surface area contributed by atoms with Crippen LogP contribution >= 0.6 is 11.6 Å². The topological polar surface area (TPSA) is 44.4 Å². The number of rotatable bonds is 6. The van der Waals surface area contributed by atoms with E-state index in [1.807, 2.05) is 38.1 Å². The van der Waals surface area contributed by atoms with Crippen LogP contribution < -0.4 is 10.6 Å². The molecule has 1 aliphatic rings. The Hall–Kier alpha value is -1.10. The summed E-state index contributed by atoms with van der Waals surface area (Å²) in [4.78, 5) is 14.8. The van der Waals surface area contributed by atoms with Gasteiger partial charge in [0.05, 0.1) is 6.04 Å². The lowest BCUT2D eigenvalue weighted by Crippen LogP contribution is -2.45. The quantitative estimate of drug-likeness (QED) is 0.839. The first kappa shape index (κ1) is 18.2. The Morgan fingerprint density at radius 2 is 1.87 bits per heavy atom. The Kier molecular flexibility index (Phi) is 6.45. The highest BCUT2D eigenvalue weighted by Gasteiger charge is 2.36. The van der Waals surface area contributed by atoms with Gasteiger partial charge in [-0.05, 0) is 38.0 Å². The molecule has 1 amide bonds. The summed E-state index contributed by atoms with van der Waals surface area (Å²) < 4.78 is 0. The Labute approximate surface area is 144 Å². The number of nitrogens with zero attached hydrogens (tertiary/aromatic N) is 1. The number of nitrogens with one attached hydrogen (secondary N) is 2. The minimum atomic E-state index is -0.0793. The zero-order chi connectivity index (χ0) is 17.0. The molecule has 1 heterocycles. The van der Waals surface area contributed by atoms with Crippen LogP contribution in [0.3, 0.4) is 0 Å². The third-order valence-electron chi connectivity index (χ3n) is 4.00. The van der Waals surface area contributed by atoms with Crippen molar-refractivity contribution in [2.75, 3.05) is 6.54 Å². The van der Waals surface area contributed by atoms with E-state index in [-0.39, 0.29) is 18.0 Å².